The highest BCUT2D eigenvalue weighted by molar-refractivity contribution is 6.26. The van der Waals surface area contributed by atoms with E-state index in [1.165, 1.54) is 53.5 Å². The number of phenols is 1. The van der Waals surface area contributed by atoms with Gasteiger partial charge in [-0.25, -0.2) is 8.78 Å². The Kier molecular flexibility index (Phi) is 5.67. The third-order valence-electron chi connectivity index (χ3n) is 6.26. The number of hydrogen-bond donors (Lipinski definition) is 1. The number of nitrogens with zero attached hydrogens (tertiary/aromatic N) is 4. The molecule has 0 saturated carbocycles. The normalized spacial score (nSPS) is 19.0. The molecule has 0 aromatic heterocycles. The van der Waals surface area contributed by atoms with Gasteiger partial charge < -0.3 is 5.11 Å². The van der Waals surface area contributed by atoms with Crippen LogP contribution in [0.2, 0.25) is 0 Å². The summed E-state index contributed by atoms with van der Waals surface area (Å²) in [7, 11) is 0. The van der Waals surface area contributed by atoms with E-state index in [1.54, 1.807) is 12.1 Å². The van der Waals surface area contributed by atoms with Crippen molar-refractivity contribution in [3.8, 4) is 5.75 Å². The van der Waals surface area contributed by atoms with Crippen LogP contribution in [0.1, 0.15) is 11.1 Å². The second kappa shape index (κ2) is 8.84. The third-order valence-corrected chi connectivity index (χ3v) is 6.26. The molecule has 2 unspecified atom stereocenters. The molecule has 2 amide bonds. The lowest BCUT2D eigenvalue weighted by Gasteiger charge is -2.22. The molecule has 5 rings (SSSR count). The average Bonchev–Trinajstić information content (AvgIpc) is 3.36. The van der Waals surface area contributed by atoms with Crippen LogP contribution in [0.25, 0.3) is 0 Å². The fraction of sp³-hybridized carbons (Fsp3) is 0.160. The van der Waals surface area contributed by atoms with Crippen molar-refractivity contribution in [3.05, 3.63) is 99.6 Å². The molecule has 9 nitrogen and oxygen atoms in total. The Morgan fingerprint density at radius 3 is 2.22 bits per heavy atom. The van der Waals surface area contributed by atoms with E-state index in [0.717, 1.165) is 16.5 Å². The van der Waals surface area contributed by atoms with Crippen LogP contribution in [0, 0.1) is 27.7 Å². The minimum Gasteiger partial charge on any atom is -0.502 e. The molecule has 1 fully saturated rings. The first-order valence-corrected chi connectivity index (χ1v) is 11.0. The van der Waals surface area contributed by atoms with Crippen molar-refractivity contribution in [2.75, 3.05) is 11.6 Å². The molecule has 0 bridgehead atoms. The van der Waals surface area contributed by atoms with E-state index in [2.05, 4.69) is 5.10 Å². The van der Waals surface area contributed by atoms with Crippen molar-refractivity contribution in [2.45, 2.75) is 12.5 Å². The number of imide groups is 1. The molecule has 2 aliphatic heterocycles. The van der Waals surface area contributed by atoms with Gasteiger partial charge in [-0.3, -0.25) is 29.6 Å². The maximum Gasteiger partial charge on any atom is 0.311 e. The molecule has 0 radical (unpaired) electrons. The summed E-state index contributed by atoms with van der Waals surface area (Å²) in [5, 5.41) is 27.6. The zero-order valence-electron chi connectivity index (χ0n) is 18.5. The molecule has 11 heteroatoms. The average molecular weight is 492 g/mol. The number of carbonyl (C=O) groups is 2. The fourth-order valence-corrected chi connectivity index (χ4v) is 4.50. The van der Waals surface area contributed by atoms with Crippen molar-refractivity contribution in [2.24, 2.45) is 11.0 Å². The van der Waals surface area contributed by atoms with E-state index < -0.39 is 51.8 Å². The first-order valence-electron chi connectivity index (χ1n) is 11.0. The number of likely N-dealkylation sites (tertiary alicyclic amines) is 1. The van der Waals surface area contributed by atoms with Gasteiger partial charge >= 0.3 is 5.69 Å². The Hall–Kier alpha value is -4.67. The van der Waals surface area contributed by atoms with Crippen LogP contribution < -0.4 is 5.01 Å². The highest BCUT2D eigenvalue weighted by atomic mass is 19.1. The topological polar surface area (TPSA) is 116 Å². The number of fused-ring (bicyclic) bond motifs is 1. The number of benzene rings is 3. The van der Waals surface area contributed by atoms with E-state index in [4.69, 9.17) is 0 Å². The molecule has 3 aromatic carbocycles. The lowest BCUT2D eigenvalue weighted by Crippen LogP contribution is -2.39. The van der Waals surface area contributed by atoms with Crippen LogP contribution in [0.3, 0.4) is 0 Å². The number of phenolic OH excluding ortho intramolecular Hbond substituents is 1. The predicted octanol–water partition coefficient (Wildman–Crippen LogP) is 3.40. The number of aromatic hydroxyl groups is 1. The number of halogens is 2. The summed E-state index contributed by atoms with van der Waals surface area (Å²) < 4.78 is 26.8. The maximum absolute atomic E-state index is 13.5. The Morgan fingerprint density at radius 2 is 1.58 bits per heavy atom. The predicted molar refractivity (Wildman–Crippen MR) is 124 cm³/mol. The van der Waals surface area contributed by atoms with Gasteiger partial charge in [0.15, 0.2) is 0 Å². The van der Waals surface area contributed by atoms with Gasteiger partial charge in [-0.05, 0) is 54.4 Å². The van der Waals surface area contributed by atoms with E-state index in [-0.39, 0.29) is 24.2 Å². The zero-order valence-corrected chi connectivity index (χ0v) is 18.5. The van der Waals surface area contributed by atoms with Crippen LogP contribution in [-0.4, -0.2) is 45.0 Å². The molecule has 182 valence electrons. The zero-order chi connectivity index (χ0) is 25.6. The van der Waals surface area contributed by atoms with Crippen LogP contribution in [0.5, 0.6) is 5.75 Å². The molecule has 0 aliphatic carbocycles. The number of nitro groups is 1. The number of hydrazone groups is 1. The van der Waals surface area contributed by atoms with E-state index >= 15 is 0 Å². The van der Waals surface area contributed by atoms with Gasteiger partial charge in [0.25, 0.3) is 5.91 Å². The summed E-state index contributed by atoms with van der Waals surface area (Å²) in [5.74, 6) is -3.88. The number of anilines is 1. The van der Waals surface area contributed by atoms with Gasteiger partial charge in [0.2, 0.25) is 11.7 Å². The Balaban J connectivity index is 1.54. The van der Waals surface area contributed by atoms with Gasteiger partial charge in [0.1, 0.15) is 23.6 Å². The SMILES string of the molecule is O=C1C2C(c3cccc([N+](=O)[O-])c3O)=NN(c3ccc(F)cc3)C2C(=O)N1CCc1ccc(F)cc1. The van der Waals surface area contributed by atoms with Crippen molar-refractivity contribution in [3.63, 3.8) is 0 Å². The standard InChI is InChI=1S/C25H18F2N4O5/c26-15-6-4-14(5-7-15)12-13-29-24(33)20-21(18-2-1-3-19(23(18)32)31(35)36)28-30(22(20)25(29)34)17-10-8-16(27)9-11-17/h1-11,20,22,32H,12-13H2. The molecular weight excluding hydrogens is 474 g/mol. The monoisotopic (exact) mass is 492 g/mol. The Bertz CT molecular complexity index is 1410. The van der Waals surface area contributed by atoms with Gasteiger partial charge in [-0.1, -0.05) is 18.2 Å². The van der Waals surface area contributed by atoms with Crippen molar-refractivity contribution in [1.82, 2.24) is 4.90 Å². The molecule has 2 aliphatic rings. The number of carbonyl (C=O) groups excluding carboxylic acids is 2. The largest absolute Gasteiger partial charge is 0.502 e. The molecule has 2 heterocycles. The Labute approximate surface area is 203 Å². The number of hydrogen-bond acceptors (Lipinski definition) is 7. The number of nitro benzene ring substituents is 1. The van der Waals surface area contributed by atoms with Crippen LogP contribution in [0.15, 0.2) is 71.8 Å². The number of para-hydroxylation sites is 1. The highest BCUT2D eigenvalue weighted by Gasteiger charge is 2.57. The van der Waals surface area contributed by atoms with E-state index in [0.29, 0.717) is 5.69 Å². The summed E-state index contributed by atoms with van der Waals surface area (Å²) in [6, 6.07) is 13.5. The van der Waals surface area contributed by atoms with Gasteiger partial charge in [0, 0.05) is 18.2 Å². The quantitative estimate of drug-likeness (QED) is 0.320. The molecule has 1 saturated heterocycles. The number of amides is 2. The summed E-state index contributed by atoms with van der Waals surface area (Å²) in [5.41, 5.74) is 0.415. The van der Waals surface area contributed by atoms with Crippen molar-refractivity contribution in [1.29, 1.82) is 0 Å². The van der Waals surface area contributed by atoms with E-state index in [9.17, 15) is 33.6 Å². The second-order valence-electron chi connectivity index (χ2n) is 8.36. The van der Waals surface area contributed by atoms with Gasteiger partial charge in [-0.15, -0.1) is 0 Å². The molecule has 2 atom stereocenters. The van der Waals surface area contributed by atoms with Crippen LogP contribution in [0.4, 0.5) is 20.2 Å². The molecule has 1 N–H and O–H groups in total. The minimum absolute atomic E-state index is 0.00634. The van der Waals surface area contributed by atoms with Gasteiger partial charge in [0.05, 0.1) is 16.3 Å². The lowest BCUT2D eigenvalue weighted by molar-refractivity contribution is -0.385. The van der Waals surface area contributed by atoms with E-state index in [1.807, 2.05) is 0 Å². The summed E-state index contributed by atoms with van der Waals surface area (Å²) in [6.45, 7) is 0.0156. The van der Waals surface area contributed by atoms with Gasteiger partial charge in [-0.2, -0.15) is 5.10 Å². The van der Waals surface area contributed by atoms with Crippen LogP contribution >= 0.6 is 0 Å². The summed E-state index contributed by atoms with van der Waals surface area (Å²) in [6.07, 6.45) is 0.280. The van der Waals surface area contributed by atoms with Crippen LogP contribution in [-0.2, 0) is 16.0 Å². The molecular formula is C25H18F2N4O5. The summed E-state index contributed by atoms with van der Waals surface area (Å²) >= 11 is 0. The third kappa shape index (κ3) is 3.84. The Morgan fingerprint density at radius 1 is 0.944 bits per heavy atom. The first kappa shape index (κ1) is 23.1. The maximum atomic E-state index is 13.5. The first-order chi connectivity index (χ1) is 17.3. The molecule has 0 spiro atoms. The molecule has 3 aromatic rings. The lowest BCUT2D eigenvalue weighted by atomic mass is 9.92. The van der Waals surface area contributed by atoms with Crippen molar-refractivity contribution < 1.29 is 28.4 Å². The highest BCUT2D eigenvalue weighted by Crippen LogP contribution is 2.41. The smallest absolute Gasteiger partial charge is 0.311 e. The second-order valence-corrected chi connectivity index (χ2v) is 8.36. The fourth-order valence-electron chi connectivity index (χ4n) is 4.50. The number of rotatable bonds is 6. The summed E-state index contributed by atoms with van der Waals surface area (Å²) in [4.78, 5) is 38.6. The molecule has 36 heavy (non-hydrogen) atoms. The minimum atomic E-state index is -1.15. The van der Waals surface area contributed by atoms with Crippen molar-refractivity contribution >= 4 is 28.9 Å².